The first-order valence-electron chi connectivity index (χ1n) is 9.91. The molecule has 31 heavy (non-hydrogen) atoms. The molecule has 0 saturated heterocycles. The van der Waals surface area contributed by atoms with Crippen molar-refractivity contribution in [3.8, 4) is 0 Å². The molecule has 2 aliphatic heterocycles. The average molecular weight is 459 g/mol. The smallest absolute Gasteiger partial charge is 0.262 e. The number of rotatable bonds is 6. The lowest BCUT2D eigenvalue weighted by atomic mass is 10.2. The van der Waals surface area contributed by atoms with Gasteiger partial charge in [0.25, 0.3) is 10.0 Å². The zero-order valence-corrected chi connectivity index (χ0v) is 18.3. The van der Waals surface area contributed by atoms with Gasteiger partial charge in [0.1, 0.15) is 5.84 Å². The lowest BCUT2D eigenvalue weighted by molar-refractivity contribution is -0.117. The van der Waals surface area contributed by atoms with Crippen LogP contribution in [-0.4, -0.2) is 44.9 Å². The van der Waals surface area contributed by atoms with Gasteiger partial charge in [-0.05, 0) is 36.8 Å². The number of aliphatic imine (C=N–C) groups is 1. The lowest BCUT2D eigenvalue weighted by Gasteiger charge is -2.28. The van der Waals surface area contributed by atoms with Crippen LogP contribution in [0.25, 0.3) is 0 Å². The number of nitrogens with one attached hydrogen (secondary N) is 2. The van der Waals surface area contributed by atoms with Crippen molar-refractivity contribution in [1.29, 1.82) is 0 Å². The number of fused-ring (bicyclic) bond motifs is 1. The number of amidine groups is 1. The fourth-order valence-corrected chi connectivity index (χ4v) is 5.48. The van der Waals surface area contributed by atoms with Crippen molar-refractivity contribution in [2.45, 2.75) is 29.1 Å². The van der Waals surface area contributed by atoms with Gasteiger partial charge in [0.2, 0.25) is 11.8 Å². The molecule has 0 aliphatic carbocycles. The minimum absolute atomic E-state index is 0.0366. The Bertz CT molecular complexity index is 1150. The molecule has 4 rings (SSSR count). The number of thioether (sulfide) groups is 1. The Labute approximate surface area is 185 Å². The third kappa shape index (κ3) is 5.08. The van der Waals surface area contributed by atoms with Crippen molar-refractivity contribution >= 4 is 50.8 Å². The number of carbonyl (C=O) groups excluding carboxylic acids is 2. The molecule has 0 atom stereocenters. The largest absolute Gasteiger partial charge is 0.326 e. The third-order valence-electron chi connectivity index (χ3n) is 4.93. The summed E-state index contributed by atoms with van der Waals surface area (Å²) >= 11 is 1.49. The van der Waals surface area contributed by atoms with Crippen LogP contribution >= 0.6 is 11.8 Å². The number of amides is 2. The Kier molecular flexibility index (Phi) is 6.28. The molecule has 0 saturated carbocycles. The minimum atomic E-state index is -3.76. The Morgan fingerprint density at radius 3 is 2.81 bits per heavy atom. The highest BCUT2D eigenvalue weighted by molar-refractivity contribution is 8.00. The average Bonchev–Trinajstić information content (AvgIpc) is 3.25. The highest BCUT2D eigenvalue weighted by atomic mass is 32.2. The fourth-order valence-electron chi connectivity index (χ4n) is 3.41. The molecule has 2 aromatic rings. The van der Waals surface area contributed by atoms with Gasteiger partial charge in [-0.1, -0.05) is 18.2 Å². The van der Waals surface area contributed by atoms with E-state index in [1.54, 1.807) is 17.0 Å². The standard InChI is InChI=1S/C21H22N4O4S2/c26-20(10-12-25-17-7-1-2-8-18(17)30-14-21(25)27)23-15-5-3-6-16(13-15)31(28,29)24-19-9-4-11-22-19/h1-3,5-8,13H,4,9-12,14H2,(H,22,24)(H,23,26). The number of anilines is 2. The van der Waals surface area contributed by atoms with Crippen LogP contribution in [0.2, 0.25) is 0 Å². The number of benzene rings is 2. The van der Waals surface area contributed by atoms with Gasteiger partial charge in [0.15, 0.2) is 0 Å². The number of nitrogens with zero attached hydrogens (tertiary/aromatic N) is 2. The van der Waals surface area contributed by atoms with E-state index < -0.39 is 10.0 Å². The van der Waals surface area contributed by atoms with Crippen molar-refractivity contribution < 1.29 is 18.0 Å². The van der Waals surface area contributed by atoms with Crippen LogP contribution in [0.15, 0.2) is 63.3 Å². The zero-order chi connectivity index (χ0) is 21.8. The molecule has 162 valence electrons. The third-order valence-corrected chi connectivity index (χ3v) is 7.35. The maximum Gasteiger partial charge on any atom is 0.262 e. The van der Waals surface area contributed by atoms with E-state index in [9.17, 15) is 18.0 Å². The van der Waals surface area contributed by atoms with Crippen molar-refractivity contribution in [1.82, 2.24) is 4.72 Å². The number of carbonyl (C=O) groups is 2. The van der Waals surface area contributed by atoms with Gasteiger partial charge in [-0.2, -0.15) is 0 Å². The summed E-state index contributed by atoms with van der Waals surface area (Å²) in [5.41, 5.74) is 1.19. The van der Waals surface area contributed by atoms with Gasteiger partial charge in [0.05, 0.1) is 16.3 Å². The summed E-state index contributed by atoms with van der Waals surface area (Å²) in [6.45, 7) is 0.873. The number of sulfonamides is 1. The first-order valence-corrected chi connectivity index (χ1v) is 12.4. The number of para-hydroxylation sites is 1. The first kappa shape index (κ1) is 21.4. The van der Waals surface area contributed by atoms with Gasteiger partial charge < -0.3 is 10.2 Å². The molecule has 0 radical (unpaired) electrons. The summed E-state index contributed by atoms with van der Waals surface area (Å²) in [5, 5.41) is 2.72. The SMILES string of the molecule is O=C(CCN1C(=O)CSc2ccccc21)Nc1cccc(S(=O)(=O)NC2=NCCC2)c1. The Balaban J connectivity index is 1.39. The summed E-state index contributed by atoms with van der Waals surface area (Å²) in [6, 6.07) is 13.7. The summed E-state index contributed by atoms with van der Waals surface area (Å²) < 4.78 is 27.6. The van der Waals surface area contributed by atoms with Crippen LogP contribution in [0.5, 0.6) is 0 Å². The van der Waals surface area contributed by atoms with Crippen molar-refractivity contribution in [3.05, 3.63) is 48.5 Å². The normalized spacial score (nSPS) is 15.9. The second kappa shape index (κ2) is 9.11. The van der Waals surface area contributed by atoms with E-state index in [4.69, 9.17) is 0 Å². The van der Waals surface area contributed by atoms with Crippen LogP contribution < -0.4 is 14.9 Å². The van der Waals surface area contributed by atoms with E-state index in [1.807, 2.05) is 24.3 Å². The highest BCUT2D eigenvalue weighted by Crippen LogP contribution is 2.34. The number of hydrogen-bond donors (Lipinski definition) is 2. The van der Waals surface area contributed by atoms with Crippen molar-refractivity contribution in [2.24, 2.45) is 4.99 Å². The molecule has 0 spiro atoms. The van der Waals surface area contributed by atoms with Crippen molar-refractivity contribution in [2.75, 3.05) is 29.1 Å². The van der Waals surface area contributed by atoms with Crippen LogP contribution in [0.4, 0.5) is 11.4 Å². The topological polar surface area (TPSA) is 108 Å². The van der Waals surface area contributed by atoms with Gasteiger partial charge in [0, 0.05) is 36.5 Å². The van der Waals surface area contributed by atoms with Gasteiger partial charge >= 0.3 is 0 Å². The molecule has 0 aromatic heterocycles. The second-order valence-electron chi connectivity index (χ2n) is 7.17. The fraction of sp³-hybridized carbons (Fsp3) is 0.286. The maximum atomic E-state index is 12.6. The Hall–Kier alpha value is -2.85. The van der Waals surface area contributed by atoms with E-state index in [2.05, 4.69) is 15.0 Å². The van der Waals surface area contributed by atoms with E-state index >= 15 is 0 Å². The highest BCUT2D eigenvalue weighted by Gasteiger charge is 2.25. The monoisotopic (exact) mass is 458 g/mol. The van der Waals surface area contributed by atoms with Gasteiger partial charge in [-0.25, -0.2) is 8.42 Å². The summed E-state index contributed by atoms with van der Waals surface area (Å²) in [7, 11) is -3.76. The Morgan fingerprint density at radius 2 is 2.00 bits per heavy atom. The predicted molar refractivity (Wildman–Crippen MR) is 121 cm³/mol. The molecular formula is C21H22N4O4S2. The first-order chi connectivity index (χ1) is 14.9. The summed E-state index contributed by atoms with van der Waals surface area (Å²) in [4.78, 5) is 31.6. The molecule has 0 fully saturated rings. The molecule has 10 heteroatoms. The molecule has 0 unspecified atom stereocenters. The van der Waals surface area contributed by atoms with Crippen LogP contribution in [-0.2, 0) is 19.6 Å². The summed E-state index contributed by atoms with van der Waals surface area (Å²) in [5.74, 6) is 0.465. The van der Waals surface area contributed by atoms with Crippen LogP contribution in [0, 0.1) is 0 Å². The molecule has 2 heterocycles. The van der Waals surface area contributed by atoms with Crippen LogP contribution in [0.1, 0.15) is 19.3 Å². The summed E-state index contributed by atoms with van der Waals surface area (Å²) in [6.07, 6.45) is 1.53. The van der Waals surface area contributed by atoms with E-state index in [0.717, 1.165) is 17.0 Å². The molecule has 8 nitrogen and oxygen atoms in total. The Morgan fingerprint density at radius 1 is 1.16 bits per heavy atom. The quantitative estimate of drug-likeness (QED) is 0.692. The molecule has 0 bridgehead atoms. The molecule has 2 aliphatic rings. The minimum Gasteiger partial charge on any atom is -0.326 e. The lowest BCUT2D eigenvalue weighted by Crippen LogP contribution is -2.37. The van der Waals surface area contributed by atoms with E-state index in [0.29, 0.717) is 30.2 Å². The predicted octanol–water partition coefficient (Wildman–Crippen LogP) is 2.62. The van der Waals surface area contributed by atoms with Crippen LogP contribution in [0.3, 0.4) is 0 Å². The van der Waals surface area contributed by atoms with Gasteiger partial charge in [-0.3, -0.25) is 19.3 Å². The second-order valence-corrected chi connectivity index (χ2v) is 9.86. The number of hydrogen-bond acceptors (Lipinski definition) is 6. The van der Waals surface area contributed by atoms with E-state index in [-0.39, 0.29) is 29.7 Å². The molecule has 2 N–H and O–H groups in total. The maximum absolute atomic E-state index is 12.6. The van der Waals surface area contributed by atoms with E-state index in [1.165, 1.54) is 23.9 Å². The van der Waals surface area contributed by atoms with Crippen molar-refractivity contribution in [3.63, 3.8) is 0 Å². The zero-order valence-electron chi connectivity index (χ0n) is 16.7. The van der Waals surface area contributed by atoms with Gasteiger partial charge in [-0.15, -0.1) is 11.8 Å². The molecular weight excluding hydrogens is 436 g/mol. The molecule has 2 aromatic carbocycles. The molecule has 2 amide bonds.